The van der Waals surface area contributed by atoms with Gasteiger partial charge in [0.1, 0.15) is 0 Å². The van der Waals surface area contributed by atoms with Crippen LogP contribution in [0.2, 0.25) is 0 Å². The normalized spacial score (nSPS) is 23.1. The van der Waals surface area contributed by atoms with Gasteiger partial charge in [-0.25, -0.2) is 0 Å². The van der Waals surface area contributed by atoms with Crippen molar-refractivity contribution in [2.45, 2.75) is 38.0 Å². The predicted molar refractivity (Wildman–Crippen MR) is 99.8 cm³/mol. The fourth-order valence-corrected chi connectivity index (χ4v) is 3.44. The Kier molecular flexibility index (Phi) is 5.17. The van der Waals surface area contributed by atoms with Crippen LogP contribution in [0.5, 0.6) is 0 Å². The van der Waals surface area contributed by atoms with Crippen molar-refractivity contribution in [1.29, 1.82) is 0 Å². The molecule has 1 atom stereocenters. The number of fused-ring (bicyclic) bond motifs is 1. The minimum absolute atomic E-state index is 0. The van der Waals surface area contributed by atoms with Crippen LogP contribution in [0.15, 0.2) is 29.3 Å². The van der Waals surface area contributed by atoms with Crippen LogP contribution in [-0.2, 0) is 5.41 Å². The Hall–Kier alpha value is -0.780. The van der Waals surface area contributed by atoms with Gasteiger partial charge in [0.2, 0.25) is 0 Å². The Morgan fingerprint density at radius 1 is 1.33 bits per heavy atom. The fourth-order valence-electron chi connectivity index (χ4n) is 3.44. The molecule has 0 aromatic heterocycles. The van der Waals surface area contributed by atoms with E-state index in [1.165, 1.54) is 24.0 Å². The number of rotatable bonds is 2. The Morgan fingerprint density at radius 3 is 2.81 bits per heavy atom. The zero-order valence-corrected chi connectivity index (χ0v) is 15.6. The smallest absolute Gasteiger partial charge is 0.193 e. The molecular formula is C17H26IN3. The summed E-state index contributed by atoms with van der Waals surface area (Å²) < 4.78 is 0. The van der Waals surface area contributed by atoms with Crippen molar-refractivity contribution in [1.82, 2.24) is 10.2 Å². The predicted octanol–water partition coefficient (Wildman–Crippen LogP) is 3.35. The first-order chi connectivity index (χ1) is 9.58. The standard InChI is InChI=1S/C17H25N3.HI/c1-17(2)9-8-13(14-6-4-5-7-15(14)17)12-19-16-18-10-11-20(16)3;/h4-7,13H,8-12H2,1-3H3,(H,18,19);1H. The molecule has 1 heterocycles. The highest BCUT2D eigenvalue weighted by molar-refractivity contribution is 14.0. The van der Waals surface area contributed by atoms with Crippen molar-refractivity contribution in [2.24, 2.45) is 4.99 Å². The molecule has 1 N–H and O–H groups in total. The Balaban J connectivity index is 0.00000161. The molecule has 0 saturated heterocycles. The molecule has 1 aliphatic carbocycles. The van der Waals surface area contributed by atoms with E-state index in [4.69, 9.17) is 0 Å². The number of nitrogens with zero attached hydrogens (tertiary/aromatic N) is 2. The van der Waals surface area contributed by atoms with E-state index >= 15 is 0 Å². The van der Waals surface area contributed by atoms with Gasteiger partial charge in [0.15, 0.2) is 5.96 Å². The van der Waals surface area contributed by atoms with Crippen LogP contribution in [0, 0.1) is 0 Å². The second-order valence-electron chi connectivity index (χ2n) is 6.71. The summed E-state index contributed by atoms with van der Waals surface area (Å²) in [6.07, 6.45) is 2.52. The SMILES string of the molecule is CN1CCN=C1NCC1CCC(C)(C)c2ccccc21.I. The summed E-state index contributed by atoms with van der Waals surface area (Å²) in [5.74, 6) is 1.67. The maximum atomic E-state index is 4.52. The van der Waals surface area contributed by atoms with Crippen LogP contribution in [0.25, 0.3) is 0 Å². The number of likely N-dealkylation sites (N-methyl/N-ethyl adjacent to an activating group) is 1. The first-order valence-corrected chi connectivity index (χ1v) is 7.67. The number of benzene rings is 1. The van der Waals surface area contributed by atoms with E-state index in [9.17, 15) is 0 Å². The number of hydrogen-bond acceptors (Lipinski definition) is 3. The Bertz CT molecular complexity index is 525. The van der Waals surface area contributed by atoms with Crippen LogP contribution in [0.4, 0.5) is 0 Å². The Labute approximate surface area is 145 Å². The number of hydrogen-bond donors (Lipinski definition) is 1. The lowest BCUT2D eigenvalue weighted by atomic mass is 9.69. The molecule has 21 heavy (non-hydrogen) atoms. The molecule has 0 saturated carbocycles. The fraction of sp³-hybridized carbons (Fsp3) is 0.588. The lowest BCUT2D eigenvalue weighted by Crippen LogP contribution is -2.39. The van der Waals surface area contributed by atoms with Crippen LogP contribution in [0.3, 0.4) is 0 Å². The van der Waals surface area contributed by atoms with Crippen LogP contribution in [0.1, 0.15) is 43.7 Å². The second kappa shape index (κ2) is 6.55. The van der Waals surface area contributed by atoms with Gasteiger partial charge in [-0.2, -0.15) is 0 Å². The summed E-state index contributed by atoms with van der Waals surface area (Å²) in [5, 5.41) is 3.55. The van der Waals surface area contributed by atoms with Gasteiger partial charge in [-0.15, -0.1) is 24.0 Å². The number of nitrogens with one attached hydrogen (secondary N) is 1. The van der Waals surface area contributed by atoms with Gasteiger partial charge >= 0.3 is 0 Å². The van der Waals surface area contributed by atoms with Gasteiger partial charge in [-0.3, -0.25) is 4.99 Å². The van der Waals surface area contributed by atoms with Crippen molar-refractivity contribution in [2.75, 3.05) is 26.7 Å². The third-order valence-corrected chi connectivity index (χ3v) is 4.81. The summed E-state index contributed by atoms with van der Waals surface area (Å²) >= 11 is 0. The largest absolute Gasteiger partial charge is 0.356 e. The molecule has 0 bridgehead atoms. The highest BCUT2D eigenvalue weighted by Gasteiger charge is 2.32. The van der Waals surface area contributed by atoms with Gasteiger partial charge < -0.3 is 10.2 Å². The van der Waals surface area contributed by atoms with Crippen molar-refractivity contribution in [3.63, 3.8) is 0 Å². The van der Waals surface area contributed by atoms with E-state index < -0.39 is 0 Å². The van der Waals surface area contributed by atoms with Crippen LogP contribution in [-0.4, -0.2) is 37.5 Å². The van der Waals surface area contributed by atoms with Gasteiger partial charge in [-0.05, 0) is 29.4 Å². The molecule has 1 aromatic carbocycles. The van der Waals surface area contributed by atoms with Crippen molar-refractivity contribution in [3.8, 4) is 0 Å². The molecule has 1 aliphatic heterocycles. The summed E-state index contributed by atoms with van der Waals surface area (Å²) in [4.78, 5) is 6.72. The number of guanidine groups is 1. The van der Waals surface area contributed by atoms with Gasteiger partial charge in [0, 0.05) is 26.1 Å². The monoisotopic (exact) mass is 399 g/mol. The van der Waals surface area contributed by atoms with Crippen LogP contribution >= 0.6 is 24.0 Å². The summed E-state index contributed by atoms with van der Waals surface area (Å²) in [6, 6.07) is 8.96. The molecule has 1 aromatic rings. The quantitative estimate of drug-likeness (QED) is 0.773. The minimum atomic E-state index is 0. The first-order valence-electron chi connectivity index (χ1n) is 7.67. The summed E-state index contributed by atoms with van der Waals surface area (Å²) in [6.45, 7) is 7.69. The van der Waals surface area contributed by atoms with E-state index in [0.717, 1.165) is 25.6 Å². The van der Waals surface area contributed by atoms with Crippen molar-refractivity contribution >= 4 is 29.9 Å². The average molecular weight is 399 g/mol. The summed E-state index contributed by atoms with van der Waals surface area (Å²) in [5.41, 5.74) is 3.37. The van der Waals surface area contributed by atoms with Crippen LogP contribution < -0.4 is 5.32 Å². The first kappa shape index (κ1) is 16.6. The molecule has 3 rings (SSSR count). The third-order valence-electron chi connectivity index (χ3n) is 4.81. The molecule has 2 aliphatic rings. The van der Waals surface area contributed by atoms with Crippen molar-refractivity contribution in [3.05, 3.63) is 35.4 Å². The van der Waals surface area contributed by atoms with E-state index in [-0.39, 0.29) is 24.0 Å². The molecule has 0 spiro atoms. The molecule has 0 radical (unpaired) electrons. The zero-order valence-electron chi connectivity index (χ0n) is 13.2. The lowest BCUT2D eigenvalue weighted by Gasteiger charge is -2.37. The minimum Gasteiger partial charge on any atom is -0.356 e. The molecule has 1 unspecified atom stereocenters. The maximum absolute atomic E-state index is 4.52. The number of aliphatic imine (C=N–C) groups is 1. The molecular weight excluding hydrogens is 373 g/mol. The molecule has 3 nitrogen and oxygen atoms in total. The van der Waals surface area contributed by atoms with E-state index in [0.29, 0.717) is 11.3 Å². The van der Waals surface area contributed by atoms with Gasteiger partial charge in [0.05, 0.1) is 6.54 Å². The van der Waals surface area contributed by atoms with Gasteiger partial charge in [0.25, 0.3) is 0 Å². The van der Waals surface area contributed by atoms with E-state index in [2.05, 4.69) is 60.4 Å². The molecule has 0 fully saturated rings. The number of halogens is 1. The van der Waals surface area contributed by atoms with Crippen molar-refractivity contribution < 1.29 is 0 Å². The second-order valence-corrected chi connectivity index (χ2v) is 6.71. The molecule has 116 valence electrons. The molecule has 4 heteroatoms. The summed E-state index contributed by atoms with van der Waals surface area (Å²) in [7, 11) is 2.11. The highest BCUT2D eigenvalue weighted by Crippen LogP contribution is 2.42. The maximum Gasteiger partial charge on any atom is 0.193 e. The lowest BCUT2D eigenvalue weighted by molar-refractivity contribution is 0.388. The average Bonchev–Trinajstić information content (AvgIpc) is 2.84. The third kappa shape index (κ3) is 3.35. The van der Waals surface area contributed by atoms with Gasteiger partial charge in [-0.1, -0.05) is 38.1 Å². The van der Waals surface area contributed by atoms with E-state index in [1.807, 2.05) is 0 Å². The highest BCUT2D eigenvalue weighted by atomic mass is 127. The topological polar surface area (TPSA) is 27.6 Å². The Morgan fingerprint density at radius 2 is 2.10 bits per heavy atom. The zero-order chi connectivity index (χ0) is 14.2. The molecule has 0 amide bonds. The van der Waals surface area contributed by atoms with E-state index in [1.54, 1.807) is 0 Å².